The van der Waals surface area contributed by atoms with Crippen LogP contribution in [0.1, 0.15) is 45.9 Å². The molecule has 2 bridgehead atoms. The molecule has 2 fully saturated rings. The zero-order valence-electron chi connectivity index (χ0n) is 21.1. The van der Waals surface area contributed by atoms with Crippen LogP contribution in [0, 0.1) is 11.3 Å². The highest BCUT2D eigenvalue weighted by Gasteiger charge is 2.71. The summed E-state index contributed by atoms with van der Waals surface area (Å²) in [6.45, 7) is 4.19. The number of aliphatic carboxylic acids is 1. The molecular weight excluding hydrogens is 527 g/mol. The molecule has 4 aliphatic rings. The Morgan fingerprint density at radius 2 is 1.85 bits per heavy atom. The third kappa shape index (κ3) is 3.45. The molecule has 1 saturated carbocycles. The average Bonchev–Trinajstić information content (AvgIpc) is 3.60. The van der Waals surface area contributed by atoms with Crippen molar-refractivity contribution in [2.45, 2.75) is 30.4 Å². The number of nitrogens with zero attached hydrogens (tertiary/aromatic N) is 1. The fraction of sp³-hybridized carbons (Fsp3) is 0.333. The van der Waals surface area contributed by atoms with Crippen molar-refractivity contribution < 1.29 is 32.6 Å². The number of benzene rings is 2. The minimum Gasteiger partial charge on any atom is -0.496 e. The van der Waals surface area contributed by atoms with Gasteiger partial charge in [-0.3, -0.25) is 9.59 Å². The first-order valence-electron chi connectivity index (χ1n) is 12.7. The molecule has 1 aromatic heterocycles. The molecule has 1 amide bonds. The van der Waals surface area contributed by atoms with Crippen LogP contribution in [0.25, 0.3) is 5.57 Å². The molecule has 3 aliphatic carbocycles. The minimum atomic E-state index is -4.48. The van der Waals surface area contributed by atoms with E-state index in [2.05, 4.69) is 6.58 Å². The van der Waals surface area contributed by atoms with Crippen molar-refractivity contribution in [3.63, 3.8) is 0 Å². The van der Waals surface area contributed by atoms with Gasteiger partial charge in [-0.15, -0.1) is 11.3 Å². The number of thiophene rings is 1. The fourth-order valence-electron chi connectivity index (χ4n) is 7.44. The first kappa shape index (κ1) is 25.7. The van der Waals surface area contributed by atoms with Crippen LogP contribution in [0.15, 0.2) is 66.6 Å². The summed E-state index contributed by atoms with van der Waals surface area (Å²) in [6.07, 6.45) is -3.30. The molecule has 4 atom stereocenters. The maximum atomic E-state index is 13.8. The predicted molar refractivity (Wildman–Crippen MR) is 141 cm³/mol. The largest absolute Gasteiger partial charge is 0.496 e. The Morgan fingerprint density at radius 3 is 2.51 bits per heavy atom. The van der Waals surface area contributed by atoms with E-state index in [1.165, 1.54) is 30.6 Å². The van der Waals surface area contributed by atoms with Crippen molar-refractivity contribution in [2.75, 3.05) is 20.2 Å². The van der Waals surface area contributed by atoms with Gasteiger partial charge in [0, 0.05) is 46.4 Å². The van der Waals surface area contributed by atoms with Gasteiger partial charge < -0.3 is 14.7 Å². The maximum absolute atomic E-state index is 13.8. The number of carboxylic acids is 1. The zero-order valence-corrected chi connectivity index (χ0v) is 21.9. The summed E-state index contributed by atoms with van der Waals surface area (Å²) < 4.78 is 45.6. The van der Waals surface area contributed by atoms with Crippen molar-refractivity contribution >= 4 is 28.8 Å². The lowest BCUT2D eigenvalue weighted by molar-refractivity contribution is -0.157. The van der Waals surface area contributed by atoms with Crippen LogP contribution < -0.4 is 4.74 Å². The summed E-state index contributed by atoms with van der Waals surface area (Å²) >= 11 is 1.52. The number of hydrogen-bond acceptors (Lipinski definition) is 4. The van der Waals surface area contributed by atoms with Crippen molar-refractivity contribution in [3.8, 4) is 5.75 Å². The number of para-hydroxylation sites is 1. The molecule has 1 N–H and O–H groups in total. The number of halogens is 3. The van der Waals surface area contributed by atoms with E-state index in [0.717, 1.165) is 22.6 Å². The number of alkyl halides is 3. The van der Waals surface area contributed by atoms with Gasteiger partial charge in [0.1, 0.15) is 5.75 Å². The Bertz CT molecular complexity index is 1500. The summed E-state index contributed by atoms with van der Waals surface area (Å²) in [6, 6.07) is 14.1. The van der Waals surface area contributed by atoms with E-state index < -0.39 is 34.5 Å². The van der Waals surface area contributed by atoms with E-state index in [4.69, 9.17) is 4.74 Å². The number of rotatable bonds is 5. The first-order chi connectivity index (χ1) is 18.6. The van der Waals surface area contributed by atoms with Crippen LogP contribution in [-0.2, 0) is 21.2 Å². The fourth-order valence-corrected chi connectivity index (χ4v) is 8.71. The van der Waals surface area contributed by atoms with Crippen molar-refractivity contribution in [1.82, 2.24) is 4.90 Å². The van der Waals surface area contributed by atoms with Gasteiger partial charge >= 0.3 is 12.1 Å². The Kier molecular flexibility index (Phi) is 5.73. The average molecular weight is 554 g/mol. The molecule has 1 saturated heterocycles. The van der Waals surface area contributed by atoms with Crippen LogP contribution in [0.4, 0.5) is 13.2 Å². The van der Waals surface area contributed by atoms with Crippen molar-refractivity contribution in [2.24, 2.45) is 11.3 Å². The molecule has 5 nitrogen and oxygen atoms in total. The second-order valence-electron chi connectivity index (χ2n) is 10.6. The second-order valence-corrected chi connectivity index (χ2v) is 11.5. The van der Waals surface area contributed by atoms with Gasteiger partial charge in [0.25, 0.3) is 5.91 Å². The third-order valence-electron chi connectivity index (χ3n) is 9.10. The Hall–Kier alpha value is -3.59. The number of carboxylic acid groups (broad SMARTS) is 1. The third-order valence-corrected chi connectivity index (χ3v) is 10.2. The predicted octanol–water partition coefficient (Wildman–Crippen LogP) is 6.20. The number of ether oxygens (including phenoxy) is 1. The number of hydrogen-bond donors (Lipinski definition) is 1. The zero-order chi connectivity index (χ0) is 27.7. The summed E-state index contributed by atoms with van der Waals surface area (Å²) in [5.74, 6) is -1.68. The molecule has 9 heteroatoms. The van der Waals surface area contributed by atoms with E-state index in [-0.39, 0.29) is 30.5 Å². The molecule has 0 radical (unpaired) electrons. The van der Waals surface area contributed by atoms with Gasteiger partial charge in [0.15, 0.2) is 0 Å². The molecule has 3 aromatic rings. The normalized spacial score (nSPS) is 27.1. The number of likely N-dealkylation sites (tertiary alicyclic amines) is 1. The number of amides is 1. The van der Waals surface area contributed by atoms with Gasteiger partial charge in [-0.25, -0.2) is 0 Å². The second kappa shape index (κ2) is 8.71. The molecule has 1 aliphatic heterocycles. The SMILES string of the molecule is C=C(C(=O)N1CC2[C@@]3(c4ccc(C(F)(F)F)cc4)CC[C@@H](c4ccsc43)[C@@]2(C(=O)O)C1)c1ccccc1OC. The summed E-state index contributed by atoms with van der Waals surface area (Å²) in [5, 5.41) is 12.7. The monoisotopic (exact) mass is 553 g/mol. The Labute approximate surface area is 227 Å². The molecule has 1 unspecified atom stereocenters. The van der Waals surface area contributed by atoms with Crippen molar-refractivity contribution in [3.05, 3.63) is 93.7 Å². The lowest BCUT2D eigenvalue weighted by atomic mass is 9.44. The van der Waals surface area contributed by atoms with Crippen LogP contribution >= 0.6 is 11.3 Å². The highest BCUT2D eigenvalue weighted by molar-refractivity contribution is 7.10. The molecule has 39 heavy (non-hydrogen) atoms. The van der Waals surface area contributed by atoms with Gasteiger partial charge in [-0.1, -0.05) is 36.9 Å². The molecule has 2 heterocycles. The molecular formula is C30H26F3NO4S. The van der Waals surface area contributed by atoms with E-state index in [1.54, 1.807) is 29.2 Å². The number of carbonyl (C=O) groups is 2. The van der Waals surface area contributed by atoms with E-state index >= 15 is 0 Å². The number of fused-ring (bicyclic) bond motifs is 1. The Balaban J connectivity index is 1.46. The molecule has 202 valence electrons. The van der Waals surface area contributed by atoms with Gasteiger partial charge in [-0.05, 0) is 53.6 Å². The highest BCUT2D eigenvalue weighted by atomic mass is 32.1. The number of methoxy groups -OCH3 is 1. The highest BCUT2D eigenvalue weighted by Crippen LogP contribution is 2.70. The van der Waals surface area contributed by atoms with Crippen molar-refractivity contribution in [1.29, 1.82) is 0 Å². The quantitative estimate of drug-likeness (QED) is 0.383. The minimum absolute atomic E-state index is 0.00232. The summed E-state index contributed by atoms with van der Waals surface area (Å²) in [7, 11) is 1.50. The van der Waals surface area contributed by atoms with Crippen LogP contribution in [0.3, 0.4) is 0 Å². The smallest absolute Gasteiger partial charge is 0.416 e. The number of carbonyl (C=O) groups excluding carboxylic acids is 1. The maximum Gasteiger partial charge on any atom is 0.416 e. The lowest BCUT2D eigenvalue weighted by Crippen LogP contribution is -2.59. The standard InChI is InChI=1S/C30H26F3NO4S/c1-17(20-5-3-4-6-23(20)38-2)26(35)34-15-24-28(18-7-9-19(10-8-18)30(31,32)33)13-11-22(21-12-14-39-25(21)28)29(24,16-34)27(36)37/h3-10,12,14,22,24H,1,11,13,15-16H2,2H3,(H,36,37)/t22-,24?,28-,29-/m0/s1. The van der Waals surface area contributed by atoms with Crippen LogP contribution in [-0.4, -0.2) is 42.1 Å². The molecule has 2 aromatic carbocycles. The van der Waals surface area contributed by atoms with E-state index in [9.17, 15) is 27.9 Å². The Morgan fingerprint density at radius 1 is 1.13 bits per heavy atom. The van der Waals surface area contributed by atoms with E-state index in [1.807, 2.05) is 11.4 Å². The van der Waals surface area contributed by atoms with Crippen LogP contribution in [0.2, 0.25) is 0 Å². The first-order valence-corrected chi connectivity index (χ1v) is 13.5. The van der Waals surface area contributed by atoms with Crippen LogP contribution in [0.5, 0.6) is 5.75 Å². The summed E-state index contributed by atoms with van der Waals surface area (Å²) in [5.41, 5.74) is -0.512. The molecule has 0 spiro atoms. The molecule has 7 rings (SSSR count). The van der Waals surface area contributed by atoms with E-state index in [0.29, 0.717) is 29.7 Å². The topological polar surface area (TPSA) is 66.8 Å². The lowest BCUT2D eigenvalue weighted by Gasteiger charge is -2.58. The van der Waals surface area contributed by atoms with Gasteiger partial charge in [0.05, 0.1) is 18.1 Å². The van der Waals surface area contributed by atoms with Gasteiger partial charge in [0.2, 0.25) is 0 Å². The summed E-state index contributed by atoms with van der Waals surface area (Å²) in [4.78, 5) is 29.6. The van der Waals surface area contributed by atoms with Gasteiger partial charge in [-0.2, -0.15) is 13.2 Å².